The van der Waals surface area contributed by atoms with Gasteiger partial charge in [0.1, 0.15) is 0 Å². The Morgan fingerprint density at radius 2 is 2.39 bits per heavy atom. The quantitative estimate of drug-likeness (QED) is 0.764. The van der Waals surface area contributed by atoms with Crippen LogP contribution in [0.2, 0.25) is 5.02 Å². The number of carbonyl (C=O) groups excluding carboxylic acids is 1. The van der Waals surface area contributed by atoms with Gasteiger partial charge in [-0.15, -0.1) is 0 Å². The first-order chi connectivity index (χ1) is 8.68. The molecule has 0 spiro atoms. The van der Waals surface area contributed by atoms with Crippen LogP contribution in [0.15, 0.2) is 18.2 Å². The van der Waals surface area contributed by atoms with E-state index in [9.17, 15) is 4.79 Å². The van der Waals surface area contributed by atoms with E-state index in [4.69, 9.17) is 17.3 Å². The van der Waals surface area contributed by atoms with Gasteiger partial charge in [0.25, 0.3) is 5.91 Å². The Bertz CT molecular complexity index is 430. The van der Waals surface area contributed by atoms with Crippen LogP contribution in [0.4, 0.5) is 5.69 Å². The Hall–Kier alpha value is -1.26. The summed E-state index contributed by atoms with van der Waals surface area (Å²) in [4.78, 5) is 11.3. The average Bonchev–Trinajstić information content (AvgIpc) is 2.81. The maximum absolute atomic E-state index is 11.3. The summed E-state index contributed by atoms with van der Waals surface area (Å²) in [6, 6.07) is 5.89. The number of hydrogen-bond donors (Lipinski definition) is 3. The molecule has 1 fully saturated rings. The molecule has 4 N–H and O–H groups in total. The fraction of sp³-hybridized carbons (Fsp3) is 0.462. The molecule has 2 rings (SSSR count). The number of anilines is 1. The van der Waals surface area contributed by atoms with Crippen molar-refractivity contribution >= 4 is 23.2 Å². The Morgan fingerprint density at radius 3 is 3.06 bits per heavy atom. The summed E-state index contributed by atoms with van der Waals surface area (Å²) in [7, 11) is 0. The highest BCUT2D eigenvalue weighted by molar-refractivity contribution is 6.34. The minimum Gasteiger partial charge on any atom is -0.384 e. The SMILES string of the molecule is NC(=O)c1c(Cl)cccc1NCCC1CCCN1. The van der Waals surface area contributed by atoms with Crippen molar-refractivity contribution in [1.82, 2.24) is 5.32 Å². The molecule has 0 bridgehead atoms. The summed E-state index contributed by atoms with van der Waals surface area (Å²) in [6.45, 7) is 1.91. The Kier molecular flexibility index (Phi) is 4.44. The lowest BCUT2D eigenvalue weighted by molar-refractivity contribution is 0.100. The number of nitrogens with two attached hydrogens (primary N) is 1. The first kappa shape index (κ1) is 13.2. The van der Waals surface area contributed by atoms with Crippen molar-refractivity contribution in [2.45, 2.75) is 25.3 Å². The van der Waals surface area contributed by atoms with Crippen molar-refractivity contribution in [3.63, 3.8) is 0 Å². The van der Waals surface area contributed by atoms with Gasteiger partial charge in [0, 0.05) is 18.3 Å². The third kappa shape index (κ3) is 3.15. The maximum Gasteiger partial charge on any atom is 0.252 e. The molecule has 1 unspecified atom stereocenters. The fourth-order valence-electron chi connectivity index (χ4n) is 2.31. The van der Waals surface area contributed by atoms with Crippen molar-refractivity contribution in [2.75, 3.05) is 18.4 Å². The largest absolute Gasteiger partial charge is 0.384 e. The van der Waals surface area contributed by atoms with Crippen LogP contribution in [0.3, 0.4) is 0 Å². The lowest BCUT2D eigenvalue weighted by Gasteiger charge is -2.14. The molecule has 1 aromatic rings. The third-order valence-electron chi connectivity index (χ3n) is 3.23. The summed E-state index contributed by atoms with van der Waals surface area (Å²) in [5.74, 6) is -0.498. The number of benzene rings is 1. The molecule has 1 heterocycles. The van der Waals surface area contributed by atoms with Crippen molar-refractivity contribution in [2.24, 2.45) is 5.73 Å². The van der Waals surface area contributed by atoms with E-state index < -0.39 is 5.91 Å². The van der Waals surface area contributed by atoms with Crippen LogP contribution in [0.1, 0.15) is 29.6 Å². The van der Waals surface area contributed by atoms with Gasteiger partial charge in [-0.3, -0.25) is 4.79 Å². The van der Waals surface area contributed by atoms with E-state index in [0.717, 1.165) is 19.5 Å². The lowest BCUT2D eigenvalue weighted by atomic mass is 10.1. The van der Waals surface area contributed by atoms with E-state index in [1.54, 1.807) is 6.07 Å². The summed E-state index contributed by atoms with van der Waals surface area (Å²) in [5.41, 5.74) is 6.42. The molecule has 0 saturated carbocycles. The maximum atomic E-state index is 11.3. The van der Waals surface area contributed by atoms with Crippen LogP contribution in [0, 0.1) is 0 Å². The molecule has 1 atom stereocenters. The second kappa shape index (κ2) is 6.07. The van der Waals surface area contributed by atoms with Gasteiger partial charge >= 0.3 is 0 Å². The molecule has 0 radical (unpaired) electrons. The smallest absolute Gasteiger partial charge is 0.252 e. The van der Waals surface area contributed by atoms with Crippen LogP contribution < -0.4 is 16.4 Å². The lowest BCUT2D eigenvalue weighted by Crippen LogP contribution is -2.24. The van der Waals surface area contributed by atoms with Gasteiger partial charge in [0.15, 0.2) is 0 Å². The molecule has 98 valence electrons. The van der Waals surface area contributed by atoms with Crippen molar-refractivity contribution in [1.29, 1.82) is 0 Å². The van der Waals surface area contributed by atoms with Gasteiger partial charge in [-0.05, 0) is 37.9 Å². The molecule has 1 aromatic carbocycles. The van der Waals surface area contributed by atoms with Crippen molar-refractivity contribution in [3.05, 3.63) is 28.8 Å². The molecule has 18 heavy (non-hydrogen) atoms. The summed E-state index contributed by atoms with van der Waals surface area (Å²) in [5, 5.41) is 7.07. The standard InChI is InChI=1S/C13H18ClN3O/c14-10-4-1-5-11(12(10)13(15)18)17-8-6-9-3-2-7-16-9/h1,4-5,9,16-17H,2-3,6-8H2,(H2,15,18). The highest BCUT2D eigenvalue weighted by Gasteiger charge is 2.15. The van der Waals surface area contributed by atoms with Gasteiger partial charge < -0.3 is 16.4 Å². The zero-order valence-corrected chi connectivity index (χ0v) is 11.0. The average molecular weight is 268 g/mol. The molecule has 5 heteroatoms. The third-order valence-corrected chi connectivity index (χ3v) is 3.55. The molecule has 1 saturated heterocycles. The molecule has 0 aliphatic carbocycles. The molecule has 1 aliphatic rings. The minimum absolute atomic E-state index is 0.374. The van der Waals surface area contributed by atoms with Crippen LogP contribution in [0.5, 0.6) is 0 Å². The van der Waals surface area contributed by atoms with Gasteiger partial charge in [-0.25, -0.2) is 0 Å². The zero-order chi connectivity index (χ0) is 13.0. The fourth-order valence-corrected chi connectivity index (χ4v) is 2.57. The first-order valence-electron chi connectivity index (χ1n) is 6.24. The number of nitrogens with one attached hydrogen (secondary N) is 2. The zero-order valence-electron chi connectivity index (χ0n) is 10.2. The number of hydrogen-bond acceptors (Lipinski definition) is 3. The van der Waals surface area contributed by atoms with Gasteiger partial charge in [-0.2, -0.15) is 0 Å². The van der Waals surface area contributed by atoms with Crippen LogP contribution in [0.25, 0.3) is 0 Å². The molecule has 4 nitrogen and oxygen atoms in total. The Balaban J connectivity index is 1.96. The van der Waals surface area contributed by atoms with E-state index in [2.05, 4.69) is 10.6 Å². The minimum atomic E-state index is -0.498. The number of rotatable bonds is 5. The normalized spacial score (nSPS) is 18.8. The molecule has 1 amide bonds. The van der Waals surface area contributed by atoms with E-state index in [1.807, 2.05) is 12.1 Å². The molecular weight excluding hydrogens is 250 g/mol. The topological polar surface area (TPSA) is 67.2 Å². The highest BCUT2D eigenvalue weighted by Crippen LogP contribution is 2.24. The monoisotopic (exact) mass is 267 g/mol. The van der Waals surface area contributed by atoms with Crippen LogP contribution >= 0.6 is 11.6 Å². The summed E-state index contributed by atoms with van der Waals surface area (Å²) in [6.07, 6.45) is 3.50. The molecular formula is C13H18ClN3O. The number of primary amides is 1. The van der Waals surface area contributed by atoms with E-state index in [1.165, 1.54) is 12.8 Å². The predicted molar refractivity (Wildman–Crippen MR) is 74.1 cm³/mol. The van der Waals surface area contributed by atoms with Crippen molar-refractivity contribution < 1.29 is 4.79 Å². The Labute approximate surface area is 112 Å². The highest BCUT2D eigenvalue weighted by atomic mass is 35.5. The van der Waals surface area contributed by atoms with Gasteiger partial charge in [-0.1, -0.05) is 17.7 Å². The second-order valence-corrected chi connectivity index (χ2v) is 4.94. The van der Waals surface area contributed by atoms with Crippen LogP contribution in [-0.2, 0) is 0 Å². The van der Waals surface area contributed by atoms with Gasteiger partial charge in [0.05, 0.1) is 10.6 Å². The second-order valence-electron chi connectivity index (χ2n) is 4.54. The summed E-state index contributed by atoms with van der Waals surface area (Å²) >= 11 is 5.98. The number of carbonyl (C=O) groups is 1. The van der Waals surface area contributed by atoms with E-state index >= 15 is 0 Å². The van der Waals surface area contributed by atoms with Crippen LogP contribution in [-0.4, -0.2) is 25.0 Å². The number of amides is 1. The van der Waals surface area contributed by atoms with Crippen molar-refractivity contribution in [3.8, 4) is 0 Å². The summed E-state index contributed by atoms with van der Waals surface area (Å²) < 4.78 is 0. The predicted octanol–water partition coefficient (Wildman–Crippen LogP) is 1.99. The Morgan fingerprint density at radius 1 is 1.56 bits per heavy atom. The molecule has 0 aromatic heterocycles. The number of halogens is 1. The van der Waals surface area contributed by atoms with Gasteiger partial charge in [0.2, 0.25) is 0 Å². The molecule has 1 aliphatic heterocycles. The first-order valence-corrected chi connectivity index (χ1v) is 6.62. The van der Waals surface area contributed by atoms with E-state index in [-0.39, 0.29) is 0 Å². The van der Waals surface area contributed by atoms with E-state index in [0.29, 0.717) is 22.3 Å².